The molecule has 6 heteroatoms. The first-order chi connectivity index (χ1) is 8.95. The van der Waals surface area contributed by atoms with Crippen LogP contribution in [0, 0.1) is 12.8 Å². The Bertz CT molecular complexity index is 555. The average molecular weight is 304 g/mol. The quantitative estimate of drug-likeness (QED) is 0.845. The van der Waals surface area contributed by atoms with Crippen LogP contribution in [-0.2, 0) is 10.0 Å². The molecule has 1 fully saturated rings. The van der Waals surface area contributed by atoms with E-state index in [1.54, 1.807) is 25.1 Å². The monoisotopic (exact) mass is 303 g/mol. The second-order valence-electron chi connectivity index (χ2n) is 4.94. The first kappa shape index (κ1) is 14.8. The predicted molar refractivity (Wildman–Crippen MR) is 74.7 cm³/mol. The van der Waals surface area contributed by atoms with Crippen LogP contribution < -0.4 is 4.72 Å². The minimum atomic E-state index is -3.59. The largest absolute Gasteiger partial charge is 0.396 e. The Balaban J connectivity index is 2.24. The van der Waals surface area contributed by atoms with Crippen molar-refractivity contribution in [3.05, 3.63) is 28.8 Å². The van der Waals surface area contributed by atoms with Crippen molar-refractivity contribution in [2.75, 3.05) is 6.61 Å². The van der Waals surface area contributed by atoms with Crippen molar-refractivity contribution >= 4 is 21.6 Å². The fraction of sp³-hybridized carbons (Fsp3) is 0.538. The molecule has 1 aromatic carbocycles. The number of benzene rings is 1. The highest BCUT2D eigenvalue weighted by Gasteiger charge is 2.34. The number of halogens is 1. The van der Waals surface area contributed by atoms with Crippen LogP contribution in [-0.4, -0.2) is 26.2 Å². The molecule has 1 aliphatic carbocycles. The Kier molecular flexibility index (Phi) is 4.50. The van der Waals surface area contributed by atoms with Crippen LogP contribution >= 0.6 is 11.6 Å². The molecule has 0 saturated heterocycles. The Morgan fingerprint density at radius 2 is 2.16 bits per heavy atom. The molecule has 0 spiro atoms. The molecule has 2 rings (SSSR count). The summed E-state index contributed by atoms with van der Waals surface area (Å²) in [6, 6.07) is 4.66. The van der Waals surface area contributed by atoms with E-state index in [4.69, 9.17) is 16.7 Å². The van der Waals surface area contributed by atoms with Crippen molar-refractivity contribution in [1.82, 2.24) is 4.72 Å². The van der Waals surface area contributed by atoms with E-state index >= 15 is 0 Å². The summed E-state index contributed by atoms with van der Waals surface area (Å²) in [7, 11) is -3.59. The maximum atomic E-state index is 12.4. The Labute approximate surface area is 118 Å². The van der Waals surface area contributed by atoms with E-state index in [0.717, 1.165) is 12.8 Å². The lowest BCUT2D eigenvalue weighted by molar-refractivity contribution is 0.265. The van der Waals surface area contributed by atoms with E-state index in [0.29, 0.717) is 22.9 Å². The van der Waals surface area contributed by atoms with E-state index < -0.39 is 10.0 Å². The third-order valence-electron chi connectivity index (χ3n) is 3.45. The highest BCUT2D eigenvalue weighted by atomic mass is 35.5. The fourth-order valence-corrected chi connectivity index (χ4v) is 4.01. The van der Waals surface area contributed by atoms with Crippen LogP contribution in [0.4, 0.5) is 0 Å². The lowest BCUT2D eigenvalue weighted by Crippen LogP contribution is -2.37. The summed E-state index contributed by atoms with van der Waals surface area (Å²) >= 11 is 5.96. The molecule has 1 atom stereocenters. The maximum Gasteiger partial charge on any atom is 0.241 e. The van der Waals surface area contributed by atoms with E-state index in [9.17, 15) is 8.42 Å². The summed E-state index contributed by atoms with van der Waals surface area (Å²) in [5, 5.41) is 9.46. The van der Waals surface area contributed by atoms with Gasteiger partial charge in [-0.05, 0) is 49.8 Å². The van der Waals surface area contributed by atoms with Gasteiger partial charge in [0.2, 0.25) is 10.0 Å². The van der Waals surface area contributed by atoms with Crippen molar-refractivity contribution in [3.8, 4) is 0 Å². The summed E-state index contributed by atoms with van der Waals surface area (Å²) in [5.74, 6) is 0.349. The molecule has 0 radical (unpaired) electrons. The lowest BCUT2D eigenvalue weighted by Gasteiger charge is -2.18. The summed E-state index contributed by atoms with van der Waals surface area (Å²) < 4.78 is 27.4. The summed E-state index contributed by atoms with van der Waals surface area (Å²) in [4.78, 5) is 0.212. The summed E-state index contributed by atoms with van der Waals surface area (Å²) in [5.41, 5.74) is 0.551. The highest BCUT2D eigenvalue weighted by Crippen LogP contribution is 2.35. The second-order valence-corrected chi connectivity index (χ2v) is 7.03. The van der Waals surface area contributed by atoms with Crippen molar-refractivity contribution < 1.29 is 13.5 Å². The topological polar surface area (TPSA) is 66.4 Å². The zero-order valence-electron chi connectivity index (χ0n) is 10.8. The predicted octanol–water partition coefficient (Wildman–Crippen LogP) is 2.09. The first-order valence-electron chi connectivity index (χ1n) is 6.34. The molecule has 1 aromatic rings. The smallest absolute Gasteiger partial charge is 0.241 e. The van der Waals surface area contributed by atoms with Gasteiger partial charge in [-0.1, -0.05) is 17.7 Å². The number of hydrogen-bond donors (Lipinski definition) is 2. The van der Waals surface area contributed by atoms with Gasteiger partial charge in [-0.15, -0.1) is 0 Å². The van der Waals surface area contributed by atoms with Crippen LogP contribution in [0.15, 0.2) is 23.1 Å². The van der Waals surface area contributed by atoms with Crippen LogP contribution in [0.5, 0.6) is 0 Å². The van der Waals surface area contributed by atoms with Crippen molar-refractivity contribution in [2.45, 2.75) is 37.1 Å². The van der Waals surface area contributed by atoms with E-state index in [2.05, 4.69) is 4.72 Å². The zero-order valence-corrected chi connectivity index (χ0v) is 12.3. The number of hydrogen-bond acceptors (Lipinski definition) is 3. The molecule has 0 amide bonds. The highest BCUT2D eigenvalue weighted by molar-refractivity contribution is 7.89. The molecule has 1 saturated carbocycles. The van der Waals surface area contributed by atoms with Gasteiger partial charge in [-0.25, -0.2) is 13.1 Å². The second kappa shape index (κ2) is 5.79. The average Bonchev–Trinajstić information content (AvgIpc) is 3.15. The summed E-state index contributed by atoms with van der Waals surface area (Å²) in [6.07, 6.45) is 2.48. The number of aliphatic hydroxyl groups excluding tert-OH is 1. The van der Waals surface area contributed by atoms with E-state index in [1.807, 2.05) is 0 Å². The number of sulfonamides is 1. The van der Waals surface area contributed by atoms with Gasteiger partial charge in [-0.2, -0.15) is 0 Å². The van der Waals surface area contributed by atoms with Crippen molar-refractivity contribution in [1.29, 1.82) is 0 Å². The minimum absolute atomic E-state index is 0.0157. The minimum Gasteiger partial charge on any atom is -0.396 e. The number of rotatable bonds is 6. The lowest BCUT2D eigenvalue weighted by atomic mass is 10.1. The van der Waals surface area contributed by atoms with Gasteiger partial charge in [0.15, 0.2) is 0 Å². The SMILES string of the molecule is Cc1c(Cl)cccc1S(=O)(=O)NC(CCO)C1CC1. The third-order valence-corrected chi connectivity index (χ3v) is 5.49. The zero-order chi connectivity index (χ0) is 14.0. The van der Waals surface area contributed by atoms with Gasteiger partial charge in [0, 0.05) is 17.7 Å². The Morgan fingerprint density at radius 1 is 1.47 bits per heavy atom. The molecule has 106 valence electrons. The molecule has 19 heavy (non-hydrogen) atoms. The molecule has 2 N–H and O–H groups in total. The fourth-order valence-electron chi connectivity index (χ4n) is 2.17. The van der Waals surface area contributed by atoms with Crippen LogP contribution in [0.3, 0.4) is 0 Å². The van der Waals surface area contributed by atoms with Gasteiger partial charge in [0.1, 0.15) is 0 Å². The normalized spacial score (nSPS) is 17.4. The molecular weight excluding hydrogens is 286 g/mol. The Morgan fingerprint density at radius 3 is 2.74 bits per heavy atom. The molecular formula is C13H18ClNO3S. The Hall–Kier alpha value is -0.620. The summed E-state index contributed by atoms with van der Waals surface area (Å²) in [6.45, 7) is 1.67. The van der Waals surface area contributed by atoms with Gasteiger partial charge in [0.25, 0.3) is 0 Å². The molecule has 0 bridgehead atoms. The van der Waals surface area contributed by atoms with Gasteiger partial charge < -0.3 is 5.11 Å². The standard InChI is InChI=1S/C13H18ClNO3S/c1-9-11(14)3-2-4-13(9)19(17,18)15-12(7-8-16)10-5-6-10/h2-4,10,12,15-16H,5-8H2,1H3. The van der Waals surface area contributed by atoms with Gasteiger partial charge in [0.05, 0.1) is 4.90 Å². The molecule has 0 aromatic heterocycles. The van der Waals surface area contributed by atoms with Crippen molar-refractivity contribution in [3.63, 3.8) is 0 Å². The molecule has 0 heterocycles. The maximum absolute atomic E-state index is 12.4. The van der Waals surface area contributed by atoms with Gasteiger partial charge >= 0.3 is 0 Å². The number of nitrogens with one attached hydrogen (secondary N) is 1. The third kappa shape index (κ3) is 3.48. The van der Waals surface area contributed by atoms with Crippen LogP contribution in [0.1, 0.15) is 24.8 Å². The van der Waals surface area contributed by atoms with Crippen molar-refractivity contribution in [2.24, 2.45) is 5.92 Å². The number of aliphatic hydroxyl groups is 1. The molecule has 1 unspecified atom stereocenters. The van der Waals surface area contributed by atoms with Crippen LogP contribution in [0.2, 0.25) is 5.02 Å². The van der Waals surface area contributed by atoms with E-state index in [-0.39, 0.29) is 17.5 Å². The van der Waals surface area contributed by atoms with E-state index in [1.165, 1.54) is 0 Å². The van der Waals surface area contributed by atoms with Gasteiger partial charge in [-0.3, -0.25) is 0 Å². The molecule has 1 aliphatic rings. The van der Waals surface area contributed by atoms with Crippen LogP contribution in [0.25, 0.3) is 0 Å². The first-order valence-corrected chi connectivity index (χ1v) is 8.20. The molecule has 0 aliphatic heterocycles. The molecule has 4 nitrogen and oxygen atoms in total.